The van der Waals surface area contributed by atoms with Gasteiger partial charge in [0.05, 0.1) is 18.7 Å². The Morgan fingerprint density at radius 1 is 1.29 bits per heavy atom. The maximum Gasteiger partial charge on any atom is 0.325 e. The van der Waals surface area contributed by atoms with Crippen LogP contribution in [0.15, 0.2) is 36.5 Å². The van der Waals surface area contributed by atoms with Gasteiger partial charge in [0.1, 0.15) is 6.54 Å². The van der Waals surface area contributed by atoms with E-state index in [4.69, 9.17) is 0 Å². The van der Waals surface area contributed by atoms with E-state index in [0.29, 0.717) is 13.1 Å². The molecule has 1 saturated heterocycles. The molecule has 1 atom stereocenters. The van der Waals surface area contributed by atoms with E-state index < -0.39 is 0 Å². The van der Waals surface area contributed by atoms with Crippen LogP contribution < -0.4 is 0 Å². The smallest absolute Gasteiger partial charge is 0.325 e. The molecule has 0 spiro atoms. The largest absolute Gasteiger partial charge is 0.468 e. The average molecular weight is 327 g/mol. The third-order valence-electron chi connectivity index (χ3n) is 4.53. The van der Waals surface area contributed by atoms with Crippen LogP contribution in [0.25, 0.3) is 10.9 Å². The molecule has 0 saturated carbocycles. The number of fused-ring (bicyclic) bond motifs is 1. The van der Waals surface area contributed by atoms with Gasteiger partial charge in [0.25, 0.3) is 0 Å². The molecular formula is C18H21N3O3. The molecule has 0 N–H and O–H groups in total. The lowest BCUT2D eigenvalue weighted by molar-refractivity contribution is -0.151. The molecule has 6 nitrogen and oxygen atoms in total. The standard InChI is InChI=1S/C18H21N3O3/c1-13-18(23)21(12-17(22)24-2)10-9-20(13)11-14-7-8-19-16-6-4-3-5-15(14)16/h3-8,13H,9-12H2,1-2H3/t13-/m0/s1. The Balaban J connectivity index is 1.74. The van der Waals surface area contributed by atoms with Crippen molar-refractivity contribution in [2.24, 2.45) is 0 Å². The van der Waals surface area contributed by atoms with Crippen LogP contribution in [-0.4, -0.2) is 59.4 Å². The Hall–Kier alpha value is -2.47. The van der Waals surface area contributed by atoms with Gasteiger partial charge in [0.15, 0.2) is 0 Å². The molecule has 0 unspecified atom stereocenters. The summed E-state index contributed by atoms with van der Waals surface area (Å²) < 4.78 is 4.65. The summed E-state index contributed by atoms with van der Waals surface area (Å²) in [5, 5.41) is 1.11. The van der Waals surface area contributed by atoms with Crippen molar-refractivity contribution in [2.45, 2.75) is 19.5 Å². The molecule has 2 heterocycles. The van der Waals surface area contributed by atoms with E-state index in [-0.39, 0.29) is 24.5 Å². The molecule has 0 bridgehead atoms. The highest BCUT2D eigenvalue weighted by atomic mass is 16.5. The Kier molecular flexibility index (Phi) is 4.76. The van der Waals surface area contributed by atoms with E-state index in [1.54, 1.807) is 11.1 Å². The first-order valence-corrected chi connectivity index (χ1v) is 8.02. The van der Waals surface area contributed by atoms with Gasteiger partial charge in [-0.05, 0) is 24.6 Å². The van der Waals surface area contributed by atoms with Crippen molar-refractivity contribution >= 4 is 22.8 Å². The van der Waals surface area contributed by atoms with Gasteiger partial charge >= 0.3 is 5.97 Å². The van der Waals surface area contributed by atoms with E-state index in [1.807, 2.05) is 31.2 Å². The van der Waals surface area contributed by atoms with Crippen LogP contribution in [-0.2, 0) is 20.9 Å². The molecule has 1 aromatic carbocycles. The van der Waals surface area contributed by atoms with Crippen LogP contribution >= 0.6 is 0 Å². The zero-order chi connectivity index (χ0) is 17.1. The molecule has 1 amide bonds. The van der Waals surface area contributed by atoms with Crippen LogP contribution in [0.5, 0.6) is 0 Å². The number of methoxy groups -OCH3 is 1. The number of benzene rings is 1. The summed E-state index contributed by atoms with van der Waals surface area (Å²) in [7, 11) is 1.33. The second-order valence-electron chi connectivity index (χ2n) is 5.97. The third-order valence-corrected chi connectivity index (χ3v) is 4.53. The predicted molar refractivity (Wildman–Crippen MR) is 90.2 cm³/mol. The molecule has 6 heteroatoms. The summed E-state index contributed by atoms with van der Waals surface area (Å²) in [6.45, 7) is 3.84. The van der Waals surface area contributed by atoms with Gasteiger partial charge in [-0.25, -0.2) is 0 Å². The van der Waals surface area contributed by atoms with E-state index in [2.05, 4.69) is 20.7 Å². The second-order valence-corrected chi connectivity index (χ2v) is 5.97. The number of ether oxygens (including phenoxy) is 1. The maximum atomic E-state index is 12.5. The molecular weight excluding hydrogens is 306 g/mol. The molecule has 126 valence electrons. The topological polar surface area (TPSA) is 62.7 Å². The summed E-state index contributed by atoms with van der Waals surface area (Å²) in [5.41, 5.74) is 2.11. The number of para-hydroxylation sites is 1. The van der Waals surface area contributed by atoms with Crippen LogP contribution in [0.2, 0.25) is 0 Å². The summed E-state index contributed by atoms with van der Waals surface area (Å²) in [4.78, 5) is 32.0. The van der Waals surface area contributed by atoms with Gasteiger partial charge in [-0.15, -0.1) is 0 Å². The number of rotatable bonds is 4. The zero-order valence-corrected chi connectivity index (χ0v) is 13.9. The fourth-order valence-electron chi connectivity index (χ4n) is 3.08. The molecule has 1 aliphatic heterocycles. The lowest BCUT2D eigenvalue weighted by Crippen LogP contribution is -2.56. The number of pyridine rings is 1. The van der Waals surface area contributed by atoms with Crippen molar-refractivity contribution in [3.63, 3.8) is 0 Å². The Morgan fingerprint density at radius 2 is 2.08 bits per heavy atom. The highest BCUT2D eigenvalue weighted by molar-refractivity contribution is 5.86. The molecule has 3 rings (SSSR count). The van der Waals surface area contributed by atoms with Crippen molar-refractivity contribution in [2.75, 3.05) is 26.7 Å². The highest BCUT2D eigenvalue weighted by Crippen LogP contribution is 2.21. The number of carbonyl (C=O) groups is 2. The number of hydrogen-bond acceptors (Lipinski definition) is 5. The van der Waals surface area contributed by atoms with Gasteiger partial charge in [0, 0.05) is 31.2 Å². The van der Waals surface area contributed by atoms with Crippen molar-refractivity contribution in [3.05, 3.63) is 42.1 Å². The van der Waals surface area contributed by atoms with E-state index in [9.17, 15) is 9.59 Å². The Bertz CT molecular complexity index is 757. The second kappa shape index (κ2) is 6.97. The quantitative estimate of drug-likeness (QED) is 0.795. The SMILES string of the molecule is COC(=O)CN1CCN(Cc2ccnc3ccccc23)[C@@H](C)C1=O. The first kappa shape index (κ1) is 16.4. The van der Waals surface area contributed by atoms with Crippen molar-refractivity contribution in [1.82, 2.24) is 14.8 Å². The number of esters is 1. The monoisotopic (exact) mass is 327 g/mol. The fraction of sp³-hybridized carbons (Fsp3) is 0.389. The first-order chi connectivity index (χ1) is 11.6. The Labute approximate surface area is 141 Å². The van der Waals surface area contributed by atoms with Crippen molar-refractivity contribution in [1.29, 1.82) is 0 Å². The molecule has 0 radical (unpaired) electrons. The first-order valence-electron chi connectivity index (χ1n) is 8.02. The van der Waals surface area contributed by atoms with Crippen molar-refractivity contribution in [3.8, 4) is 0 Å². The molecule has 2 aromatic rings. The van der Waals surface area contributed by atoms with Gasteiger partial charge in [-0.3, -0.25) is 19.5 Å². The summed E-state index contributed by atoms with van der Waals surface area (Å²) in [6.07, 6.45) is 1.80. The summed E-state index contributed by atoms with van der Waals surface area (Å²) in [6, 6.07) is 9.74. The van der Waals surface area contributed by atoms with Crippen LogP contribution in [0.1, 0.15) is 12.5 Å². The normalized spacial score (nSPS) is 18.8. The highest BCUT2D eigenvalue weighted by Gasteiger charge is 2.32. The molecule has 0 aliphatic carbocycles. The maximum absolute atomic E-state index is 12.5. The van der Waals surface area contributed by atoms with Gasteiger partial charge < -0.3 is 9.64 Å². The predicted octanol–water partition coefficient (Wildman–Crippen LogP) is 1.44. The summed E-state index contributed by atoms with van der Waals surface area (Å²) in [5.74, 6) is -0.422. The number of aromatic nitrogens is 1. The third kappa shape index (κ3) is 3.23. The van der Waals surface area contributed by atoms with Gasteiger partial charge in [0.2, 0.25) is 5.91 Å². The van der Waals surface area contributed by atoms with Crippen LogP contribution in [0.3, 0.4) is 0 Å². The minimum atomic E-state index is -0.385. The fourth-order valence-corrected chi connectivity index (χ4v) is 3.08. The number of amides is 1. The van der Waals surface area contributed by atoms with Gasteiger partial charge in [-0.2, -0.15) is 0 Å². The minimum absolute atomic E-state index is 0.0195. The number of carbonyl (C=O) groups excluding carboxylic acids is 2. The molecule has 24 heavy (non-hydrogen) atoms. The number of hydrogen-bond donors (Lipinski definition) is 0. The van der Waals surface area contributed by atoms with E-state index in [0.717, 1.165) is 23.0 Å². The van der Waals surface area contributed by atoms with Crippen LogP contribution in [0, 0.1) is 0 Å². The van der Waals surface area contributed by atoms with Crippen LogP contribution in [0.4, 0.5) is 0 Å². The van der Waals surface area contributed by atoms with Crippen molar-refractivity contribution < 1.29 is 14.3 Å². The molecule has 1 fully saturated rings. The lowest BCUT2D eigenvalue weighted by Gasteiger charge is -2.38. The van der Waals surface area contributed by atoms with Gasteiger partial charge in [-0.1, -0.05) is 18.2 Å². The number of nitrogens with zero attached hydrogens (tertiary/aromatic N) is 3. The minimum Gasteiger partial charge on any atom is -0.468 e. The average Bonchev–Trinajstić information content (AvgIpc) is 2.61. The summed E-state index contributed by atoms with van der Waals surface area (Å²) >= 11 is 0. The van der Waals surface area contributed by atoms with E-state index >= 15 is 0 Å². The molecule has 1 aromatic heterocycles. The van der Waals surface area contributed by atoms with E-state index in [1.165, 1.54) is 7.11 Å². The Morgan fingerprint density at radius 3 is 2.88 bits per heavy atom. The number of piperazine rings is 1. The lowest BCUT2D eigenvalue weighted by atomic mass is 10.1. The zero-order valence-electron chi connectivity index (χ0n) is 13.9. The molecule has 1 aliphatic rings.